The van der Waals surface area contributed by atoms with Crippen molar-refractivity contribution in [1.29, 1.82) is 0 Å². The number of carbonyl (C=O) groups excluding carboxylic acids is 1. The lowest BCUT2D eigenvalue weighted by atomic mass is 9.68. The number of hydrogen-bond acceptors (Lipinski definition) is 3. The third kappa shape index (κ3) is 2.60. The first-order valence-corrected chi connectivity index (χ1v) is 5.91. The Morgan fingerprint density at radius 3 is 2.18 bits per heavy atom. The maximum atomic E-state index is 11.9. The summed E-state index contributed by atoms with van der Waals surface area (Å²) in [5.74, 6) is -1.34. The topological polar surface area (TPSA) is 69.6 Å². The van der Waals surface area contributed by atoms with Crippen LogP contribution in [0.5, 0.6) is 0 Å². The predicted molar refractivity (Wildman–Crippen MR) is 64.7 cm³/mol. The Hall–Kier alpha value is -1.10. The number of carboxylic acids is 1. The Labute approximate surface area is 102 Å². The predicted octanol–water partition coefficient (Wildman–Crippen LogP) is 0.698. The van der Waals surface area contributed by atoms with Crippen molar-refractivity contribution in [3.05, 3.63) is 0 Å². The minimum absolute atomic E-state index is 0.181. The van der Waals surface area contributed by atoms with E-state index in [4.69, 9.17) is 5.11 Å². The van der Waals surface area contributed by atoms with Gasteiger partial charge in [0.25, 0.3) is 0 Å². The summed E-state index contributed by atoms with van der Waals surface area (Å²) in [5, 5.41) is 11.9. The minimum Gasteiger partial charge on any atom is -0.480 e. The molecule has 0 radical (unpaired) electrons. The van der Waals surface area contributed by atoms with Crippen LogP contribution in [0.2, 0.25) is 0 Å². The lowest BCUT2D eigenvalue weighted by molar-refractivity contribution is -0.162. The first kappa shape index (κ1) is 14.0. The number of aliphatic carboxylic acids is 1. The highest BCUT2D eigenvalue weighted by Crippen LogP contribution is 2.41. The van der Waals surface area contributed by atoms with Crippen LogP contribution >= 0.6 is 0 Å². The van der Waals surface area contributed by atoms with E-state index < -0.39 is 11.4 Å². The Kier molecular flexibility index (Phi) is 3.81. The molecule has 1 aliphatic rings. The van der Waals surface area contributed by atoms with Gasteiger partial charge in [-0.05, 0) is 40.8 Å². The van der Waals surface area contributed by atoms with Gasteiger partial charge in [0, 0.05) is 12.1 Å². The molecule has 0 aromatic rings. The number of carboxylic acid groups (broad SMARTS) is 1. The molecule has 5 nitrogen and oxygen atoms in total. The number of hydrogen-bond donors (Lipinski definition) is 2. The molecule has 0 heterocycles. The second-order valence-electron chi connectivity index (χ2n) is 5.63. The third-order valence-corrected chi connectivity index (χ3v) is 3.94. The number of carbonyl (C=O) groups is 2. The van der Waals surface area contributed by atoms with E-state index in [1.807, 2.05) is 32.8 Å². The molecule has 1 aliphatic carbocycles. The van der Waals surface area contributed by atoms with Crippen LogP contribution in [0.1, 0.15) is 33.1 Å². The van der Waals surface area contributed by atoms with Gasteiger partial charge >= 0.3 is 5.97 Å². The fourth-order valence-electron chi connectivity index (χ4n) is 1.69. The molecule has 1 amide bonds. The number of amides is 1. The van der Waals surface area contributed by atoms with Crippen LogP contribution < -0.4 is 5.32 Å². The molecule has 1 rings (SSSR count). The van der Waals surface area contributed by atoms with E-state index in [-0.39, 0.29) is 11.4 Å². The Morgan fingerprint density at radius 2 is 1.88 bits per heavy atom. The standard InChI is InChI=1S/C12H22N2O3/c1-11(2,14(3)4)8-13-9(15)12(10(16)17)6-5-7-12/h5-8H2,1-4H3,(H,13,15)(H,16,17). The number of nitrogens with one attached hydrogen (secondary N) is 1. The Bertz CT molecular complexity index is 320. The van der Waals surface area contributed by atoms with Gasteiger partial charge in [0.2, 0.25) is 5.91 Å². The molecule has 0 unspecified atom stereocenters. The van der Waals surface area contributed by atoms with Crippen molar-refractivity contribution < 1.29 is 14.7 Å². The van der Waals surface area contributed by atoms with Crippen molar-refractivity contribution in [1.82, 2.24) is 10.2 Å². The molecule has 0 atom stereocenters. The summed E-state index contributed by atoms with van der Waals surface area (Å²) in [5.41, 5.74) is -1.35. The molecule has 0 spiro atoms. The fourth-order valence-corrected chi connectivity index (χ4v) is 1.69. The van der Waals surface area contributed by atoms with Gasteiger partial charge in [-0.15, -0.1) is 0 Å². The molecule has 0 aromatic heterocycles. The summed E-state index contributed by atoms with van der Waals surface area (Å²) in [4.78, 5) is 25.1. The lowest BCUT2D eigenvalue weighted by Gasteiger charge is -2.38. The van der Waals surface area contributed by atoms with E-state index in [1.165, 1.54) is 0 Å². The van der Waals surface area contributed by atoms with Gasteiger partial charge in [-0.3, -0.25) is 9.59 Å². The average molecular weight is 242 g/mol. The zero-order chi connectivity index (χ0) is 13.3. The van der Waals surface area contributed by atoms with Crippen LogP contribution in [0.3, 0.4) is 0 Å². The highest BCUT2D eigenvalue weighted by atomic mass is 16.4. The molecule has 5 heteroatoms. The van der Waals surface area contributed by atoms with Crippen LogP contribution in [0.25, 0.3) is 0 Å². The van der Waals surface area contributed by atoms with E-state index in [0.717, 1.165) is 6.42 Å². The van der Waals surface area contributed by atoms with Gasteiger partial charge in [0.1, 0.15) is 5.41 Å². The molecular weight excluding hydrogens is 220 g/mol. The molecule has 1 saturated carbocycles. The smallest absolute Gasteiger partial charge is 0.319 e. The Balaban J connectivity index is 2.58. The molecular formula is C12H22N2O3. The van der Waals surface area contributed by atoms with E-state index in [0.29, 0.717) is 19.4 Å². The first-order valence-electron chi connectivity index (χ1n) is 5.91. The summed E-state index contributed by atoms with van der Waals surface area (Å²) in [6.45, 7) is 4.46. The zero-order valence-electron chi connectivity index (χ0n) is 11.0. The summed E-state index contributed by atoms with van der Waals surface area (Å²) in [6.07, 6.45) is 1.73. The molecule has 0 aliphatic heterocycles. The molecule has 1 fully saturated rings. The summed E-state index contributed by atoms with van der Waals surface area (Å²) < 4.78 is 0. The maximum absolute atomic E-state index is 11.9. The van der Waals surface area contributed by atoms with Crippen LogP contribution in [0.15, 0.2) is 0 Å². The number of rotatable bonds is 5. The van der Waals surface area contributed by atoms with E-state index in [9.17, 15) is 9.59 Å². The zero-order valence-corrected chi connectivity index (χ0v) is 11.0. The average Bonchev–Trinajstić information content (AvgIpc) is 2.12. The second kappa shape index (κ2) is 4.64. The molecule has 98 valence electrons. The van der Waals surface area contributed by atoms with E-state index in [2.05, 4.69) is 5.32 Å². The van der Waals surface area contributed by atoms with E-state index >= 15 is 0 Å². The van der Waals surface area contributed by atoms with Crippen molar-refractivity contribution in [2.45, 2.75) is 38.6 Å². The van der Waals surface area contributed by atoms with Crippen LogP contribution in [0, 0.1) is 5.41 Å². The van der Waals surface area contributed by atoms with Crippen LogP contribution in [-0.4, -0.2) is 48.1 Å². The summed E-state index contributed by atoms with van der Waals surface area (Å²) in [6, 6.07) is 0. The van der Waals surface area contributed by atoms with Gasteiger partial charge < -0.3 is 15.3 Å². The molecule has 17 heavy (non-hydrogen) atoms. The molecule has 0 saturated heterocycles. The van der Waals surface area contributed by atoms with Crippen molar-refractivity contribution >= 4 is 11.9 Å². The third-order valence-electron chi connectivity index (χ3n) is 3.94. The van der Waals surface area contributed by atoms with Crippen molar-refractivity contribution in [3.63, 3.8) is 0 Å². The Morgan fingerprint density at radius 1 is 1.35 bits per heavy atom. The number of likely N-dealkylation sites (N-methyl/N-ethyl adjacent to an activating group) is 1. The monoisotopic (exact) mass is 242 g/mol. The highest BCUT2D eigenvalue weighted by molar-refractivity contribution is 6.02. The highest BCUT2D eigenvalue weighted by Gasteiger charge is 2.51. The van der Waals surface area contributed by atoms with Crippen molar-refractivity contribution in [2.75, 3.05) is 20.6 Å². The van der Waals surface area contributed by atoms with Crippen LogP contribution in [0.4, 0.5) is 0 Å². The number of nitrogens with zero attached hydrogens (tertiary/aromatic N) is 1. The van der Waals surface area contributed by atoms with Gasteiger partial charge in [-0.1, -0.05) is 6.42 Å². The minimum atomic E-state index is -1.16. The fraction of sp³-hybridized carbons (Fsp3) is 0.833. The SMILES string of the molecule is CN(C)C(C)(C)CNC(=O)C1(C(=O)O)CCC1. The second-order valence-corrected chi connectivity index (χ2v) is 5.63. The lowest BCUT2D eigenvalue weighted by Crippen LogP contribution is -2.55. The van der Waals surface area contributed by atoms with Crippen molar-refractivity contribution in [3.8, 4) is 0 Å². The largest absolute Gasteiger partial charge is 0.480 e. The summed E-state index contributed by atoms with van der Waals surface area (Å²) >= 11 is 0. The molecule has 0 bridgehead atoms. The molecule has 2 N–H and O–H groups in total. The van der Waals surface area contributed by atoms with Gasteiger partial charge in [0.15, 0.2) is 0 Å². The van der Waals surface area contributed by atoms with Gasteiger partial charge in [-0.25, -0.2) is 0 Å². The normalized spacial score (nSPS) is 18.6. The van der Waals surface area contributed by atoms with Crippen molar-refractivity contribution in [2.24, 2.45) is 5.41 Å². The van der Waals surface area contributed by atoms with E-state index in [1.54, 1.807) is 0 Å². The van der Waals surface area contributed by atoms with Gasteiger partial charge in [0.05, 0.1) is 0 Å². The summed E-state index contributed by atoms with van der Waals surface area (Å²) in [7, 11) is 3.87. The van der Waals surface area contributed by atoms with Gasteiger partial charge in [-0.2, -0.15) is 0 Å². The maximum Gasteiger partial charge on any atom is 0.319 e. The first-order chi connectivity index (χ1) is 7.72. The quantitative estimate of drug-likeness (QED) is 0.696. The van der Waals surface area contributed by atoms with Crippen LogP contribution in [-0.2, 0) is 9.59 Å². The molecule has 0 aromatic carbocycles.